The molecule has 1 fully saturated rings. The highest BCUT2D eigenvalue weighted by atomic mass is 16.5. The molecule has 0 amide bonds. The summed E-state index contributed by atoms with van der Waals surface area (Å²) in [7, 11) is 3.80. The van der Waals surface area contributed by atoms with Gasteiger partial charge in [-0.05, 0) is 38.5 Å². The molecule has 1 aromatic heterocycles. The molecular weight excluding hydrogens is 474 g/mol. The third kappa shape index (κ3) is 11.8. The molecule has 1 N–H and O–H groups in total. The van der Waals surface area contributed by atoms with E-state index in [4.69, 9.17) is 15.0 Å². The molecule has 8 nitrogen and oxygen atoms in total. The van der Waals surface area contributed by atoms with Gasteiger partial charge in [0, 0.05) is 64.7 Å². The maximum absolute atomic E-state index is 7.32. The van der Waals surface area contributed by atoms with Crippen LogP contribution >= 0.6 is 0 Å². The molecule has 0 bridgehead atoms. The number of anilines is 1. The number of aromatic nitrogens is 2. The molecule has 0 unspecified atom stereocenters. The lowest BCUT2D eigenvalue weighted by Gasteiger charge is -2.30. The molecule has 0 spiro atoms. The maximum atomic E-state index is 7.32. The van der Waals surface area contributed by atoms with Gasteiger partial charge in [0.1, 0.15) is 5.82 Å². The maximum Gasteiger partial charge on any atom is 0.318 e. The Bertz CT molecular complexity index is 911. The third-order valence-electron chi connectivity index (χ3n) is 6.39. The van der Waals surface area contributed by atoms with E-state index in [-0.39, 0.29) is 0 Å². The normalized spacial score (nSPS) is 14.8. The Hall–Kier alpha value is -2.73. The van der Waals surface area contributed by atoms with Gasteiger partial charge in [-0.15, -0.1) is 0 Å². The van der Waals surface area contributed by atoms with Crippen LogP contribution in [-0.2, 0) is 19.4 Å². The second-order valence-electron chi connectivity index (χ2n) is 9.08. The van der Waals surface area contributed by atoms with Crippen molar-refractivity contribution >= 4 is 5.82 Å². The van der Waals surface area contributed by atoms with Crippen molar-refractivity contribution in [3.8, 4) is 12.1 Å². The van der Waals surface area contributed by atoms with Gasteiger partial charge < -0.3 is 19.9 Å². The van der Waals surface area contributed by atoms with Gasteiger partial charge in [-0.1, -0.05) is 58.0 Å². The number of nitriles is 1. The van der Waals surface area contributed by atoms with E-state index in [0.29, 0.717) is 6.01 Å². The summed E-state index contributed by atoms with van der Waals surface area (Å²) in [5.41, 5.74) is 3.83. The molecule has 0 aliphatic carbocycles. The Morgan fingerprint density at radius 2 is 1.66 bits per heavy atom. The first-order chi connectivity index (χ1) is 18.6. The molecule has 4 rings (SSSR count). The average molecular weight is 526 g/mol. The fourth-order valence-corrected chi connectivity index (χ4v) is 4.37. The minimum absolute atomic E-state index is 0.494. The average Bonchev–Trinajstić information content (AvgIpc) is 3.17. The Kier molecular flexibility index (Phi) is 17.8. The molecule has 0 radical (unpaired) electrons. The highest BCUT2D eigenvalue weighted by Crippen LogP contribution is 2.27. The van der Waals surface area contributed by atoms with E-state index in [2.05, 4.69) is 76.2 Å². The molecular formula is C30H51N7O. The monoisotopic (exact) mass is 525 g/mol. The lowest BCUT2D eigenvalue weighted by molar-refractivity contribution is 0.279. The zero-order chi connectivity index (χ0) is 28.2. The van der Waals surface area contributed by atoms with Crippen LogP contribution in [0.5, 0.6) is 6.01 Å². The molecule has 8 heteroatoms. The largest absolute Gasteiger partial charge is 0.467 e. The Balaban J connectivity index is 0.000000512. The molecule has 212 valence electrons. The number of fused-ring (bicyclic) bond motifs is 1. The van der Waals surface area contributed by atoms with Crippen LogP contribution in [-0.4, -0.2) is 86.3 Å². The fourth-order valence-electron chi connectivity index (χ4n) is 4.37. The van der Waals surface area contributed by atoms with E-state index in [9.17, 15) is 0 Å². The molecule has 3 heterocycles. The van der Waals surface area contributed by atoms with Crippen LogP contribution < -0.4 is 15.0 Å². The van der Waals surface area contributed by atoms with Gasteiger partial charge >= 0.3 is 6.01 Å². The third-order valence-corrected chi connectivity index (χ3v) is 6.39. The van der Waals surface area contributed by atoms with Gasteiger partial charge in [0.25, 0.3) is 0 Å². The summed E-state index contributed by atoms with van der Waals surface area (Å²) in [4.78, 5) is 16.6. The van der Waals surface area contributed by atoms with Gasteiger partial charge in [0.15, 0.2) is 0 Å². The zero-order valence-corrected chi connectivity index (χ0v) is 25.0. The van der Waals surface area contributed by atoms with Crippen molar-refractivity contribution in [2.45, 2.75) is 60.4 Å². The highest BCUT2D eigenvalue weighted by molar-refractivity contribution is 5.51. The number of methoxy groups -OCH3 is 1. The summed E-state index contributed by atoms with van der Waals surface area (Å²) in [5.74, 6) is 1.08. The van der Waals surface area contributed by atoms with E-state index in [0.717, 1.165) is 70.2 Å². The van der Waals surface area contributed by atoms with Crippen molar-refractivity contribution in [3.05, 3.63) is 47.2 Å². The first-order valence-electron chi connectivity index (χ1n) is 14.2. The smallest absolute Gasteiger partial charge is 0.318 e. The van der Waals surface area contributed by atoms with Gasteiger partial charge in [-0.25, -0.2) is 0 Å². The first kappa shape index (κ1) is 33.3. The summed E-state index contributed by atoms with van der Waals surface area (Å²) in [6.45, 7) is 19.2. The number of nitrogens with zero attached hydrogens (tertiary/aromatic N) is 6. The first-order valence-corrected chi connectivity index (χ1v) is 14.2. The van der Waals surface area contributed by atoms with E-state index < -0.39 is 0 Å². The lowest BCUT2D eigenvalue weighted by Crippen LogP contribution is -2.44. The molecule has 2 aliphatic rings. The molecule has 1 aromatic carbocycles. The van der Waals surface area contributed by atoms with Crippen molar-refractivity contribution in [2.75, 3.05) is 71.4 Å². The standard InChI is InChI=1S/C20H27N5O.C6H15N.C2H3N.C2H6/c1-26-20-22-18-8-12-24(15-16-5-3-2-4-6-16)11-7-17(18)19(23-20)25-13-9-21-10-14-25;1-4-6-7(3)5-2;1-2-3;1-2/h2-6,21H,7-15H2,1H3;4-6H2,1-3H3;1H3;1-2H3. The van der Waals surface area contributed by atoms with Gasteiger partial charge in [0.2, 0.25) is 0 Å². The summed E-state index contributed by atoms with van der Waals surface area (Å²) >= 11 is 0. The topological polar surface area (TPSA) is 80.5 Å². The van der Waals surface area contributed by atoms with E-state index in [1.807, 2.05) is 13.8 Å². The predicted octanol–water partition coefficient (Wildman–Crippen LogP) is 4.40. The molecule has 0 saturated carbocycles. The van der Waals surface area contributed by atoms with Gasteiger partial charge in [-0.3, -0.25) is 4.90 Å². The molecule has 38 heavy (non-hydrogen) atoms. The number of rotatable bonds is 7. The van der Waals surface area contributed by atoms with Crippen LogP contribution in [0.1, 0.15) is 57.9 Å². The highest BCUT2D eigenvalue weighted by Gasteiger charge is 2.24. The quantitative estimate of drug-likeness (QED) is 0.570. The van der Waals surface area contributed by atoms with Crippen LogP contribution in [0.15, 0.2) is 30.3 Å². The van der Waals surface area contributed by atoms with Crippen LogP contribution in [0, 0.1) is 11.3 Å². The summed E-state index contributed by atoms with van der Waals surface area (Å²) in [6.07, 6.45) is 3.20. The van der Waals surface area contributed by atoms with Crippen LogP contribution in [0.4, 0.5) is 5.82 Å². The van der Waals surface area contributed by atoms with Crippen molar-refractivity contribution in [3.63, 3.8) is 0 Å². The molecule has 2 aromatic rings. The number of hydrogen-bond donors (Lipinski definition) is 1. The molecule has 2 aliphatic heterocycles. The summed E-state index contributed by atoms with van der Waals surface area (Å²) < 4.78 is 5.40. The number of ether oxygens (including phenoxy) is 1. The second kappa shape index (κ2) is 20.3. The summed E-state index contributed by atoms with van der Waals surface area (Å²) in [6, 6.07) is 12.9. The minimum Gasteiger partial charge on any atom is -0.467 e. The molecule has 1 saturated heterocycles. The van der Waals surface area contributed by atoms with E-state index >= 15 is 0 Å². The Morgan fingerprint density at radius 3 is 2.21 bits per heavy atom. The van der Waals surface area contributed by atoms with Gasteiger partial charge in [-0.2, -0.15) is 15.2 Å². The van der Waals surface area contributed by atoms with Crippen molar-refractivity contribution in [1.29, 1.82) is 5.26 Å². The minimum atomic E-state index is 0.494. The Morgan fingerprint density at radius 1 is 1.03 bits per heavy atom. The number of nitrogens with one attached hydrogen (secondary N) is 1. The van der Waals surface area contributed by atoms with E-state index in [1.165, 1.54) is 37.6 Å². The van der Waals surface area contributed by atoms with E-state index in [1.54, 1.807) is 13.2 Å². The summed E-state index contributed by atoms with van der Waals surface area (Å²) in [5, 5.41) is 10.7. The second-order valence-corrected chi connectivity index (χ2v) is 9.08. The number of piperazine rings is 1. The zero-order valence-electron chi connectivity index (χ0n) is 25.0. The van der Waals surface area contributed by atoms with Crippen molar-refractivity contribution < 1.29 is 4.74 Å². The Labute approximate surface area is 232 Å². The predicted molar refractivity (Wildman–Crippen MR) is 159 cm³/mol. The van der Waals surface area contributed by atoms with Crippen molar-refractivity contribution in [1.82, 2.24) is 25.1 Å². The van der Waals surface area contributed by atoms with Crippen LogP contribution in [0.2, 0.25) is 0 Å². The number of benzene rings is 1. The lowest BCUT2D eigenvalue weighted by atomic mass is 10.1. The van der Waals surface area contributed by atoms with Crippen LogP contribution in [0.25, 0.3) is 0 Å². The number of hydrogen-bond acceptors (Lipinski definition) is 8. The molecule has 0 atom stereocenters. The van der Waals surface area contributed by atoms with Gasteiger partial charge in [0.05, 0.1) is 18.9 Å². The van der Waals surface area contributed by atoms with Crippen molar-refractivity contribution in [2.24, 2.45) is 0 Å². The SMILES string of the molecule is CC.CC#N.CCCN(C)CC.COc1nc2c(c(N3CCNCC3)n1)CCN(Cc1ccccc1)CC2. The fraction of sp³-hybridized carbons (Fsp3) is 0.633. The van der Waals surface area contributed by atoms with Crippen LogP contribution in [0.3, 0.4) is 0 Å².